The fourth-order valence-electron chi connectivity index (χ4n) is 5.72. The van der Waals surface area contributed by atoms with Crippen molar-refractivity contribution in [1.29, 1.82) is 0 Å². The third-order valence-electron chi connectivity index (χ3n) is 6.09. The van der Waals surface area contributed by atoms with E-state index in [9.17, 15) is 0 Å². The quantitative estimate of drug-likeness (QED) is 0.920. The minimum atomic E-state index is 0.281. The predicted octanol–water partition coefficient (Wildman–Crippen LogP) is 2.79. The van der Waals surface area contributed by atoms with Gasteiger partial charge in [0.05, 0.1) is 6.33 Å². The number of aromatic nitrogens is 4. The molecule has 0 saturated heterocycles. The largest absolute Gasteiger partial charge is 0.371 e. The maximum absolute atomic E-state index is 4.62. The third-order valence-corrected chi connectivity index (χ3v) is 6.09. The zero-order chi connectivity index (χ0) is 14.0. The topological polar surface area (TPSA) is 55.6 Å². The Balaban J connectivity index is 1.67. The Bertz CT molecular complexity index is 668. The van der Waals surface area contributed by atoms with Crippen molar-refractivity contribution in [2.45, 2.75) is 44.1 Å². The lowest BCUT2D eigenvalue weighted by molar-refractivity contribution is -0.0412. The van der Waals surface area contributed by atoms with Crippen LogP contribution in [-0.2, 0) is 5.54 Å². The van der Waals surface area contributed by atoms with Crippen molar-refractivity contribution in [1.82, 2.24) is 19.5 Å². The van der Waals surface area contributed by atoms with E-state index in [1.165, 1.54) is 38.5 Å². The number of imidazole rings is 1. The highest BCUT2D eigenvalue weighted by Gasteiger charge is 2.52. The summed E-state index contributed by atoms with van der Waals surface area (Å²) in [4.78, 5) is 13.5. The maximum atomic E-state index is 4.62. The van der Waals surface area contributed by atoms with Gasteiger partial charge in [-0.05, 0) is 56.3 Å². The molecule has 0 aliphatic heterocycles. The van der Waals surface area contributed by atoms with Gasteiger partial charge in [-0.1, -0.05) is 0 Å². The molecule has 5 nitrogen and oxygen atoms in total. The molecule has 110 valence electrons. The monoisotopic (exact) mass is 283 g/mol. The highest BCUT2D eigenvalue weighted by molar-refractivity contribution is 5.82. The van der Waals surface area contributed by atoms with Crippen LogP contribution in [0.1, 0.15) is 38.5 Å². The molecule has 4 fully saturated rings. The molecule has 1 N–H and O–H groups in total. The molecule has 0 unspecified atom stereocenters. The average Bonchev–Trinajstić information content (AvgIpc) is 2.90. The summed E-state index contributed by atoms with van der Waals surface area (Å²) in [6, 6.07) is 0. The van der Waals surface area contributed by atoms with Gasteiger partial charge in [0.2, 0.25) is 0 Å². The molecule has 2 aromatic rings. The minimum absolute atomic E-state index is 0.281. The van der Waals surface area contributed by atoms with Crippen LogP contribution in [0.2, 0.25) is 0 Å². The summed E-state index contributed by atoms with van der Waals surface area (Å²) in [7, 11) is 1.89. The molecular formula is C16H21N5. The number of nitrogens with zero attached hydrogens (tertiary/aromatic N) is 4. The van der Waals surface area contributed by atoms with E-state index in [2.05, 4.69) is 24.8 Å². The van der Waals surface area contributed by atoms with Gasteiger partial charge in [-0.25, -0.2) is 15.0 Å². The normalized spacial score (nSPS) is 37.3. The first kappa shape index (κ1) is 12.0. The molecule has 21 heavy (non-hydrogen) atoms. The van der Waals surface area contributed by atoms with Crippen LogP contribution in [-0.4, -0.2) is 26.6 Å². The molecule has 2 aromatic heterocycles. The van der Waals surface area contributed by atoms with Crippen LogP contribution in [0.3, 0.4) is 0 Å². The van der Waals surface area contributed by atoms with Crippen molar-refractivity contribution >= 4 is 17.0 Å². The lowest BCUT2D eigenvalue weighted by Crippen LogP contribution is -2.51. The summed E-state index contributed by atoms with van der Waals surface area (Å²) >= 11 is 0. The standard InChI is InChI=1S/C16H21N5/c1-17-14-13-15(19-8-18-14)21(9-20-13)16-5-10-2-11(6-16)4-12(3-10)7-16/h8-12H,2-7H2,1H3,(H,17,18,19). The van der Waals surface area contributed by atoms with Crippen molar-refractivity contribution in [3.63, 3.8) is 0 Å². The van der Waals surface area contributed by atoms with Gasteiger partial charge in [0, 0.05) is 12.6 Å². The highest BCUT2D eigenvalue weighted by atomic mass is 15.2. The molecule has 0 aromatic carbocycles. The van der Waals surface area contributed by atoms with Crippen LogP contribution in [0.25, 0.3) is 11.2 Å². The molecule has 2 heterocycles. The van der Waals surface area contributed by atoms with Crippen molar-refractivity contribution in [2.24, 2.45) is 17.8 Å². The van der Waals surface area contributed by atoms with Gasteiger partial charge in [0.15, 0.2) is 11.5 Å². The second-order valence-corrected chi connectivity index (χ2v) is 7.40. The molecule has 0 amide bonds. The molecule has 5 heteroatoms. The summed E-state index contributed by atoms with van der Waals surface area (Å²) in [5, 5.41) is 3.13. The second kappa shape index (κ2) is 3.96. The average molecular weight is 283 g/mol. The Morgan fingerprint density at radius 1 is 1.05 bits per heavy atom. The zero-order valence-electron chi connectivity index (χ0n) is 12.4. The lowest BCUT2D eigenvalue weighted by atomic mass is 9.53. The molecule has 4 aliphatic rings. The van der Waals surface area contributed by atoms with Gasteiger partial charge in [-0.15, -0.1) is 0 Å². The van der Waals surface area contributed by atoms with E-state index in [0.29, 0.717) is 0 Å². The number of nitrogens with one attached hydrogen (secondary N) is 1. The van der Waals surface area contributed by atoms with Gasteiger partial charge < -0.3 is 9.88 Å². The van der Waals surface area contributed by atoms with Crippen LogP contribution in [0.15, 0.2) is 12.7 Å². The van der Waals surface area contributed by atoms with E-state index >= 15 is 0 Å². The summed E-state index contributed by atoms with van der Waals surface area (Å²) in [5.74, 6) is 3.63. The van der Waals surface area contributed by atoms with Crippen LogP contribution < -0.4 is 5.32 Å². The first-order chi connectivity index (χ1) is 10.3. The van der Waals surface area contributed by atoms with E-state index in [4.69, 9.17) is 0 Å². The van der Waals surface area contributed by atoms with Crippen molar-refractivity contribution in [3.05, 3.63) is 12.7 Å². The number of rotatable bonds is 2. The molecule has 0 atom stereocenters. The Hall–Kier alpha value is -1.65. The van der Waals surface area contributed by atoms with Gasteiger partial charge >= 0.3 is 0 Å². The van der Waals surface area contributed by atoms with Gasteiger partial charge in [-0.3, -0.25) is 0 Å². The SMILES string of the molecule is CNc1ncnc2c1ncn2C12CC3CC(CC(C3)C1)C2. The fraction of sp³-hybridized carbons (Fsp3) is 0.688. The van der Waals surface area contributed by atoms with Crippen LogP contribution in [0.5, 0.6) is 0 Å². The predicted molar refractivity (Wildman–Crippen MR) is 81.0 cm³/mol. The summed E-state index contributed by atoms with van der Waals surface area (Å²) in [6.07, 6.45) is 12.0. The zero-order valence-corrected chi connectivity index (χ0v) is 12.4. The Morgan fingerprint density at radius 3 is 2.33 bits per heavy atom. The van der Waals surface area contributed by atoms with Crippen LogP contribution in [0, 0.1) is 17.8 Å². The number of hydrogen-bond donors (Lipinski definition) is 1. The van der Waals surface area contributed by atoms with E-state index in [1.54, 1.807) is 6.33 Å². The van der Waals surface area contributed by atoms with E-state index in [-0.39, 0.29) is 5.54 Å². The van der Waals surface area contributed by atoms with Crippen molar-refractivity contribution in [2.75, 3.05) is 12.4 Å². The second-order valence-electron chi connectivity index (χ2n) is 7.40. The Morgan fingerprint density at radius 2 is 1.71 bits per heavy atom. The van der Waals surface area contributed by atoms with Gasteiger partial charge in [-0.2, -0.15) is 0 Å². The molecule has 4 aliphatic carbocycles. The summed E-state index contributed by atoms with van der Waals surface area (Å²) in [6.45, 7) is 0. The van der Waals surface area contributed by atoms with Crippen LogP contribution in [0.4, 0.5) is 5.82 Å². The number of anilines is 1. The molecular weight excluding hydrogens is 262 g/mol. The molecule has 4 bridgehead atoms. The first-order valence-corrected chi connectivity index (χ1v) is 8.14. The van der Waals surface area contributed by atoms with E-state index in [1.807, 2.05) is 13.4 Å². The molecule has 6 rings (SSSR count). The Kier molecular flexibility index (Phi) is 2.25. The minimum Gasteiger partial charge on any atom is -0.371 e. The maximum Gasteiger partial charge on any atom is 0.165 e. The van der Waals surface area contributed by atoms with E-state index in [0.717, 1.165) is 34.7 Å². The molecule has 0 radical (unpaired) electrons. The lowest BCUT2D eigenvalue weighted by Gasteiger charge is -2.57. The number of fused-ring (bicyclic) bond motifs is 1. The smallest absolute Gasteiger partial charge is 0.165 e. The molecule has 4 saturated carbocycles. The van der Waals surface area contributed by atoms with E-state index < -0.39 is 0 Å². The molecule has 0 spiro atoms. The Labute approximate surface area is 124 Å². The highest BCUT2D eigenvalue weighted by Crippen LogP contribution is 2.59. The van der Waals surface area contributed by atoms with Crippen LogP contribution >= 0.6 is 0 Å². The van der Waals surface area contributed by atoms with Crippen molar-refractivity contribution in [3.8, 4) is 0 Å². The third kappa shape index (κ3) is 1.54. The first-order valence-electron chi connectivity index (χ1n) is 8.14. The van der Waals surface area contributed by atoms with Gasteiger partial charge in [0.25, 0.3) is 0 Å². The fourth-order valence-corrected chi connectivity index (χ4v) is 5.72. The number of hydrogen-bond acceptors (Lipinski definition) is 4. The van der Waals surface area contributed by atoms with Crippen molar-refractivity contribution < 1.29 is 0 Å². The summed E-state index contributed by atoms with van der Waals surface area (Å²) < 4.78 is 2.40. The summed E-state index contributed by atoms with van der Waals surface area (Å²) in [5.41, 5.74) is 2.20. The van der Waals surface area contributed by atoms with Gasteiger partial charge in [0.1, 0.15) is 11.8 Å².